The second-order valence-corrected chi connectivity index (χ2v) is 13.8. The van der Waals surface area contributed by atoms with Crippen molar-refractivity contribution in [2.75, 3.05) is 26.3 Å². The van der Waals surface area contributed by atoms with E-state index < -0.39 is 7.36 Å². The third kappa shape index (κ3) is 4.32. The maximum atomic E-state index is 6.84. The average Bonchev–Trinajstić information content (AvgIpc) is 3.78. The molecule has 0 radical (unpaired) electrons. The van der Waals surface area contributed by atoms with Crippen LogP contribution in [0.25, 0.3) is 5.69 Å². The Morgan fingerprint density at radius 2 is 1.52 bits per heavy atom. The Morgan fingerprint density at radius 3 is 2.17 bits per heavy atom. The summed E-state index contributed by atoms with van der Waals surface area (Å²) in [6.45, 7) is 4.81. The number of ether oxygens (including phenoxy) is 1. The molecule has 0 N–H and O–H groups in total. The number of amidine groups is 1. The molecule has 0 spiro atoms. The van der Waals surface area contributed by atoms with Gasteiger partial charge in [-0.05, 0) is 44.0 Å². The summed E-state index contributed by atoms with van der Waals surface area (Å²) in [6.07, 6.45) is 2.15. The third-order valence-electron chi connectivity index (χ3n) is 7.52. The Hall–Kier alpha value is -2.93. The van der Waals surface area contributed by atoms with E-state index in [2.05, 4.69) is 52.7 Å². The molecule has 3 aromatic carbocycles. The highest BCUT2D eigenvalue weighted by atomic mass is 35.5. The molecule has 4 aromatic rings. The molecule has 7 nitrogen and oxygen atoms in total. The molecule has 204 valence electrons. The number of hydrogen-bond acceptors (Lipinski definition) is 4. The first-order valence-corrected chi connectivity index (χ1v) is 16.0. The first kappa shape index (κ1) is 26.0. The smallest absolute Gasteiger partial charge is 0.170 e. The molecule has 3 heterocycles. The summed E-state index contributed by atoms with van der Waals surface area (Å²) < 4.78 is 18.6. The van der Waals surface area contributed by atoms with Gasteiger partial charge in [-0.3, -0.25) is 0 Å². The topological polar surface area (TPSA) is 58.3 Å². The summed E-state index contributed by atoms with van der Waals surface area (Å²) in [5, 5.41) is 7.24. The first-order valence-electron chi connectivity index (χ1n) is 13.6. The number of aromatic nitrogens is 2. The van der Waals surface area contributed by atoms with E-state index in [1.54, 1.807) is 0 Å². The van der Waals surface area contributed by atoms with Crippen LogP contribution in [0.5, 0.6) is 0 Å². The van der Waals surface area contributed by atoms with Crippen molar-refractivity contribution in [1.29, 1.82) is 0 Å². The van der Waals surface area contributed by atoms with Gasteiger partial charge in [0.05, 0.1) is 39.9 Å². The summed E-state index contributed by atoms with van der Waals surface area (Å²) in [5.74, 6) is 1.73. The molecule has 7 rings (SSSR count). The van der Waals surface area contributed by atoms with Gasteiger partial charge in [-0.25, -0.2) is 19.1 Å². The lowest BCUT2D eigenvalue weighted by Crippen LogP contribution is -2.47. The Kier molecular flexibility index (Phi) is 6.81. The molecule has 0 amide bonds. The first-order chi connectivity index (χ1) is 19.6. The van der Waals surface area contributed by atoms with Crippen LogP contribution in [0.2, 0.25) is 10.0 Å². The highest BCUT2D eigenvalue weighted by Gasteiger charge is 2.52. The van der Waals surface area contributed by atoms with Gasteiger partial charge >= 0.3 is 0 Å². The average molecular weight is 591 g/mol. The summed E-state index contributed by atoms with van der Waals surface area (Å²) in [7, 11) is -2.77. The number of aliphatic imine (C=N–C) groups is 1. The molecular formula is C30H29Cl2N6OP. The van der Waals surface area contributed by atoms with Gasteiger partial charge in [-0.15, -0.1) is 0 Å². The second kappa shape index (κ2) is 10.5. The van der Waals surface area contributed by atoms with Gasteiger partial charge in [0.2, 0.25) is 0 Å². The van der Waals surface area contributed by atoms with Gasteiger partial charge in [0, 0.05) is 24.7 Å². The Bertz CT molecular complexity index is 1630. The minimum Gasteiger partial charge on any atom is -0.379 e. The zero-order chi connectivity index (χ0) is 27.3. The normalized spacial score (nSPS) is 21.2. The number of hydrogen-bond donors (Lipinski definition) is 0. The van der Waals surface area contributed by atoms with Crippen LogP contribution in [-0.4, -0.2) is 57.3 Å². The lowest BCUT2D eigenvalue weighted by Gasteiger charge is -2.48. The van der Waals surface area contributed by atoms with Crippen LogP contribution in [0.3, 0.4) is 0 Å². The number of aryl methyl sites for hydroxylation is 1. The molecule has 0 bridgehead atoms. The van der Waals surface area contributed by atoms with E-state index in [9.17, 15) is 0 Å². The number of para-hydroxylation sites is 1. The van der Waals surface area contributed by atoms with Crippen molar-refractivity contribution in [2.24, 2.45) is 9.74 Å². The molecule has 1 saturated heterocycles. The molecule has 1 saturated carbocycles. The number of morpholine rings is 1. The van der Waals surface area contributed by atoms with Crippen LogP contribution < -0.4 is 5.30 Å². The maximum Gasteiger partial charge on any atom is 0.170 e. The van der Waals surface area contributed by atoms with E-state index in [1.807, 2.05) is 47.1 Å². The minimum atomic E-state index is -2.77. The second-order valence-electron chi connectivity index (χ2n) is 10.2. The lowest BCUT2D eigenvalue weighted by molar-refractivity contribution is 0.0729. The highest BCUT2D eigenvalue weighted by molar-refractivity contribution is 7.70. The van der Waals surface area contributed by atoms with Crippen LogP contribution in [0.15, 0.2) is 88.6 Å². The predicted molar refractivity (Wildman–Crippen MR) is 163 cm³/mol. The summed E-state index contributed by atoms with van der Waals surface area (Å²) in [4.78, 5) is 5.42. The number of halogens is 2. The van der Waals surface area contributed by atoms with Crippen molar-refractivity contribution in [2.45, 2.75) is 25.8 Å². The maximum absolute atomic E-state index is 6.84. The standard InChI is InChI=1S/C30H29Cl2N6OP/c1-21-28-30(37(34-21)23-11-6-3-7-12-23)33-29(22-9-4-2-5-10-22)38(24-15-16-24)40(28,36-17-19-39-20-18-36)35-27-25(31)13-8-14-26(27)32/h2-14,24H,15-20H2,1H3/t40-/m0/s1. The van der Waals surface area contributed by atoms with E-state index in [4.69, 9.17) is 42.8 Å². The highest BCUT2D eigenvalue weighted by Crippen LogP contribution is 2.66. The van der Waals surface area contributed by atoms with Crippen LogP contribution in [0.4, 0.5) is 11.5 Å². The van der Waals surface area contributed by atoms with Crippen molar-refractivity contribution in [3.8, 4) is 5.69 Å². The molecule has 3 aliphatic rings. The number of nitrogens with zero attached hydrogens (tertiary/aromatic N) is 6. The Labute approximate surface area is 244 Å². The van der Waals surface area contributed by atoms with Gasteiger partial charge in [0.1, 0.15) is 11.5 Å². The molecule has 1 atom stereocenters. The molecular weight excluding hydrogens is 562 g/mol. The third-order valence-corrected chi connectivity index (χ3v) is 12.0. The number of rotatable bonds is 5. The Morgan fingerprint density at radius 1 is 0.875 bits per heavy atom. The van der Waals surface area contributed by atoms with Crippen LogP contribution in [0.1, 0.15) is 24.1 Å². The van der Waals surface area contributed by atoms with E-state index in [0.717, 1.165) is 59.8 Å². The molecule has 2 aliphatic heterocycles. The predicted octanol–water partition coefficient (Wildman–Crippen LogP) is 7.36. The number of fused-ring (bicyclic) bond motifs is 1. The van der Waals surface area contributed by atoms with Crippen LogP contribution in [0, 0.1) is 6.92 Å². The largest absolute Gasteiger partial charge is 0.379 e. The molecule has 10 heteroatoms. The van der Waals surface area contributed by atoms with E-state index >= 15 is 0 Å². The van der Waals surface area contributed by atoms with Gasteiger partial charge < -0.3 is 9.41 Å². The van der Waals surface area contributed by atoms with Crippen LogP contribution >= 0.6 is 30.6 Å². The fourth-order valence-corrected chi connectivity index (χ4v) is 10.5. The van der Waals surface area contributed by atoms with Crippen molar-refractivity contribution in [3.05, 3.63) is 100 Å². The van der Waals surface area contributed by atoms with Crippen molar-refractivity contribution < 1.29 is 4.74 Å². The fourth-order valence-electron chi connectivity index (χ4n) is 5.60. The summed E-state index contributed by atoms with van der Waals surface area (Å²) in [5.41, 5.74) is 3.53. The zero-order valence-electron chi connectivity index (χ0n) is 22.1. The monoisotopic (exact) mass is 590 g/mol. The molecule has 1 aliphatic carbocycles. The van der Waals surface area contributed by atoms with Gasteiger partial charge in [0.15, 0.2) is 13.2 Å². The molecule has 1 aromatic heterocycles. The quantitative estimate of drug-likeness (QED) is 0.228. The summed E-state index contributed by atoms with van der Waals surface area (Å²) in [6, 6.07) is 26.5. The molecule has 2 fully saturated rings. The van der Waals surface area contributed by atoms with Crippen molar-refractivity contribution in [1.82, 2.24) is 19.1 Å². The fraction of sp³-hybridized carbons (Fsp3) is 0.267. The van der Waals surface area contributed by atoms with Gasteiger partial charge in [-0.1, -0.05) is 77.8 Å². The minimum absolute atomic E-state index is 0.299. The molecule has 0 unspecified atom stereocenters. The van der Waals surface area contributed by atoms with Gasteiger partial charge in [-0.2, -0.15) is 5.10 Å². The lowest BCUT2D eigenvalue weighted by atomic mass is 10.2. The van der Waals surface area contributed by atoms with E-state index in [0.29, 0.717) is 35.0 Å². The zero-order valence-corrected chi connectivity index (χ0v) is 24.5. The summed E-state index contributed by atoms with van der Waals surface area (Å²) >= 11 is 13.7. The SMILES string of the molecule is Cc1nn(-c2ccccc2)c2c1[P@](=Nc1c(Cl)cccc1Cl)(N1CCOCC1)N(C1CC1)C(c1ccccc1)=N2. The van der Waals surface area contributed by atoms with Gasteiger partial charge in [0.25, 0.3) is 0 Å². The van der Waals surface area contributed by atoms with Crippen molar-refractivity contribution >= 4 is 53.2 Å². The van der Waals surface area contributed by atoms with Crippen molar-refractivity contribution in [3.63, 3.8) is 0 Å². The van der Waals surface area contributed by atoms with E-state index in [1.165, 1.54) is 0 Å². The van der Waals surface area contributed by atoms with E-state index in [-0.39, 0.29) is 0 Å². The van der Waals surface area contributed by atoms with Crippen LogP contribution in [-0.2, 0) is 4.74 Å². The number of benzene rings is 3. The Balaban J connectivity index is 1.63. The molecule has 40 heavy (non-hydrogen) atoms.